The summed E-state index contributed by atoms with van der Waals surface area (Å²) < 4.78 is 1.36. The van der Waals surface area contributed by atoms with Gasteiger partial charge in [0.15, 0.2) is 0 Å². The van der Waals surface area contributed by atoms with Crippen LogP contribution in [0, 0.1) is 0 Å². The van der Waals surface area contributed by atoms with Gasteiger partial charge in [-0.05, 0) is 0 Å². The molecule has 0 aromatic carbocycles. The van der Waals surface area contributed by atoms with Crippen molar-refractivity contribution >= 4 is 17.8 Å². The lowest BCUT2D eigenvalue weighted by atomic mass is 10.2. The number of aliphatic hydroxyl groups is 2. The molecule has 0 saturated carbocycles. The maximum absolute atomic E-state index is 11.7. The molecule has 3 N–H and O–H groups in total. The molecule has 0 amide bonds. The molecule has 1 saturated heterocycles. The van der Waals surface area contributed by atoms with Crippen LogP contribution in [0.1, 0.15) is 17.4 Å². The highest BCUT2D eigenvalue weighted by atomic mass is 32.2. The third-order valence-electron chi connectivity index (χ3n) is 2.91. The van der Waals surface area contributed by atoms with Gasteiger partial charge >= 0.3 is 5.69 Å². The molecule has 0 radical (unpaired) electrons. The van der Waals surface area contributed by atoms with Crippen molar-refractivity contribution < 1.29 is 10.2 Å². The standard InChI is InChI=1S/C11H14N2O4S/c1-2-6-4-13(11(17)12-10(6)16)9-3-7(15)8(5-14)18-9/h2,4,7-9,14-15H,1,3,5H2,(H,12,16,17)/t7?,8?,9-/m1/s1. The quantitative estimate of drug-likeness (QED) is 0.690. The van der Waals surface area contributed by atoms with Crippen LogP contribution in [-0.2, 0) is 0 Å². The Kier molecular flexibility index (Phi) is 3.74. The molecule has 1 aliphatic heterocycles. The number of hydrogen-bond acceptors (Lipinski definition) is 5. The zero-order chi connectivity index (χ0) is 13.3. The Morgan fingerprint density at radius 2 is 2.33 bits per heavy atom. The number of aromatic nitrogens is 2. The number of aliphatic hydroxyl groups excluding tert-OH is 2. The van der Waals surface area contributed by atoms with Crippen LogP contribution in [0.25, 0.3) is 6.08 Å². The van der Waals surface area contributed by atoms with Crippen LogP contribution in [0.2, 0.25) is 0 Å². The second-order valence-corrected chi connectivity index (χ2v) is 5.49. The van der Waals surface area contributed by atoms with Gasteiger partial charge in [0, 0.05) is 12.6 Å². The zero-order valence-electron chi connectivity index (χ0n) is 9.57. The van der Waals surface area contributed by atoms with Crippen LogP contribution in [0.15, 0.2) is 22.4 Å². The van der Waals surface area contributed by atoms with Gasteiger partial charge in [-0.3, -0.25) is 14.3 Å². The Morgan fingerprint density at radius 3 is 2.89 bits per heavy atom. The van der Waals surface area contributed by atoms with Crippen molar-refractivity contribution in [3.8, 4) is 0 Å². The van der Waals surface area contributed by atoms with E-state index in [9.17, 15) is 14.7 Å². The fraction of sp³-hybridized carbons (Fsp3) is 0.455. The van der Waals surface area contributed by atoms with Crippen molar-refractivity contribution in [3.05, 3.63) is 39.2 Å². The first-order valence-electron chi connectivity index (χ1n) is 5.49. The molecule has 2 rings (SSSR count). The molecule has 7 heteroatoms. The van der Waals surface area contributed by atoms with Gasteiger partial charge in [-0.15, -0.1) is 11.8 Å². The van der Waals surface area contributed by atoms with Crippen LogP contribution in [0.5, 0.6) is 0 Å². The number of thioether (sulfide) groups is 1. The first-order valence-corrected chi connectivity index (χ1v) is 6.43. The molecule has 98 valence electrons. The smallest absolute Gasteiger partial charge is 0.329 e. The van der Waals surface area contributed by atoms with Crippen molar-refractivity contribution in [3.63, 3.8) is 0 Å². The van der Waals surface area contributed by atoms with E-state index < -0.39 is 17.4 Å². The highest BCUT2D eigenvalue weighted by molar-refractivity contribution is 8.00. The lowest BCUT2D eigenvalue weighted by Gasteiger charge is -2.13. The fourth-order valence-electron chi connectivity index (χ4n) is 1.91. The molecule has 0 aliphatic carbocycles. The second-order valence-electron chi connectivity index (χ2n) is 4.07. The molecule has 1 aromatic heterocycles. The molecule has 0 bridgehead atoms. The molecule has 1 aromatic rings. The highest BCUT2D eigenvalue weighted by Gasteiger charge is 2.34. The largest absolute Gasteiger partial charge is 0.395 e. The van der Waals surface area contributed by atoms with E-state index in [1.54, 1.807) is 0 Å². The van der Waals surface area contributed by atoms with E-state index in [0.29, 0.717) is 12.0 Å². The molecule has 0 spiro atoms. The Morgan fingerprint density at radius 1 is 1.61 bits per heavy atom. The van der Waals surface area contributed by atoms with Crippen molar-refractivity contribution in [1.29, 1.82) is 0 Å². The van der Waals surface area contributed by atoms with E-state index in [1.165, 1.54) is 28.6 Å². The van der Waals surface area contributed by atoms with Crippen molar-refractivity contribution in [2.45, 2.75) is 23.1 Å². The van der Waals surface area contributed by atoms with Gasteiger partial charge in [-0.2, -0.15) is 0 Å². The van der Waals surface area contributed by atoms with E-state index in [-0.39, 0.29) is 17.2 Å². The van der Waals surface area contributed by atoms with E-state index in [4.69, 9.17) is 5.11 Å². The lowest BCUT2D eigenvalue weighted by Crippen LogP contribution is -2.32. The number of rotatable bonds is 3. The van der Waals surface area contributed by atoms with Crippen LogP contribution in [-0.4, -0.2) is 37.7 Å². The first-order chi connectivity index (χ1) is 8.56. The third kappa shape index (κ3) is 2.29. The molecular weight excluding hydrogens is 256 g/mol. The van der Waals surface area contributed by atoms with Gasteiger partial charge in [-0.25, -0.2) is 4.79 Å². The Labute approximate surface area is 107 Å². The average molecular weight is 270 g/mol. The van der Waals surface area contributed by atoms with E-state index in [1.807, 2.05) is 0 Å². The number of nitrogens with zero attached hydrogens (tertiary/aromatic N) is 1. The predicted octanol–water partition coefficient (Wildman–Crippen LogP) is -0.463. The maximum Gasteiger partial charge on any atom is 0.329 e. The molecule has 1 fully saturated rings. The zero-order valence-corrected chi connectivity index (χ0v) is 10.4. The molecule has 6 nitrogen and oxygen atoms in total. The lowest BCUT2D eigenvalue weighted by molar-refractivity contribution is 0.137. The van der Waals surface area contributed by atoms with E-state index in [2.05, 4.69) is 11.6 Å². The topological polar surface area (TPSA) is 95.3 Å². The SMILES string of the molecule is C=Cc1cn([C@H]2CC(O)C(CO)S2)c(=O)[nH]c1=O. The average Bonchev–Trinajstić information content (AvgIpc) is 2.70. The van der Waals surface area contributed by atoms with Crippen LogP contribution in [0.4, 0.5) is 0 Å². The Hall–Kier alpha value is -1.31. The summed E-state index contributed by atoms with van der Waals surface area (Å²) >= 11 is 1.32. The van der Waals surface area contributed by atoms with Gasteiger partial charge in [-0.1, -0.05) is 12.7 Å². The highest BCUT2D eigenvalue weighted by Crippen LogP contribution is 2.40. The summed E-state index contributed by atoms with van der Waals surface area (Å²) in [7, 11) is 0. The summed E-state index contributed by atoms with van der Waals surface area (Å²) in [5.41, 5.74) is -0.695. The molecule has 2 unspecified atom stereocenters. The monoisotopic (exact) mass is 270 g/mol. The van der Waals surface area contributed by atoms with Gasteiger partial charge in [0.1, 0.15) is 0 Å². The van der Waals surface area contributed by atoms with Crippen molar-refractivity contribution in [2.75, 3.05) is 6.61 Å². The number of hydrogen-bond donors (Lipinski definition) is 3. The molecule has 2 heterocycles. The first kappa shape index (κ1) is 13.1. The minimum absolute atomic E-state index is 0.144. The summed E-state index contributed by atoms with van der Waals surface area (Å²) in [6.45, 7) is 3.36. The predicted molar refractivity (Wildman–Crippen MR) is 69.5 cm³/mol. The Bertz CT molecular complexity index is 565. The maximum atomic E-state index is 11.7. The normalized spacial score (nSPS) is 27.3. The number of aromatic amines is 1. The molecule has 1 aliphatic rings. The van der Waals surface area contributed by atoms with E-state index in [0.717, 1.165) is 0 Å². The third-order valence-corrected chi connectivity index (χ3v) is 4.46. The van der Waals surface area contributed by atoms with Gasteiger partial charge in [0.2, 0.25) is 0 Å². The second kappa shape index (κ2) is 5.13. The summed E-state index contributed by atoms with van der Waals surface area (Å²) in [4.78, 5) is 25.3. The fourth-order valence-corrected chi connectivity index (χ4v) is 3.29. The minimum atomic E-state index is -0.656. The summed E-state index contributed by atoms with van der Waals surface area (Å²) in [5, 5.41) is 18.2. The molecule has 3 atom stereocenters. The van der Waals surface area contributed by atoms with Gasteiger partial charge in [0.05, 0.1) is 28.9 Å². The van der Waals surface area contributed by atoms with Crippen molar-refractivity contribution in [2.24, 2.45) is 0 Å². The minimum Gasteiger partial charge on any atom is -0.395 e. The van der Waals surface area contributed by atoms with Crippen LogP contribution < -0.4 is 11.2 Å². The Balaban J connectivity index is 2.38. The van der Waals surface area contributed by atoms with Crippen molar-refractivity contribution in [1.82, 2.24) is 9.55 Å². The van der Waals surface area contributed by atoms with Crippen LogP contribution in [0.3, 0.4) is 0 Å². The summed E-state index contributed by atoms with van der Waals surface area (Å²) in [6, 6.07) is 0. The van der Waals surface area contributed by atoms with Gasteiger partial charge in [0.25, 0.3) is 5.56 Å². The number of nitrogens with one attached hydrogen (secondary N) is 1. The summed E-state index contributed by atoms with van der Waals surface area (Å²) in [6.07, 6.45) is 2.50. The van der Waals surface area contributed by atoms with Gasteiger partial charge < -0.3 is 10.2 Å². The molecular formula is C11H14N2O4S. The molecule has 18 heavy (non-hydrogen) atoms. The van der Waals surface area contributed by atoms with Crippen LogP contribution >= 0.6 is 11.8 Å². The summed E-state index contributed by atoms with van der Waals surface area (Å²) in [5.74, 6) is 0. The number of H-pyrrole nitrogens is 1. The van der Waals surface area contributed by atoms with E-state index >= 15 is 0 Å².